The number of ether oxygens (including phenoxy) is 1. The first-order chi connectivity index (χ1) is 10.2. The van der Waals surface area contributed by atoms with Crippen LogP contribution in [0.2, 0.25) is 0 Å². The molecule has 0 amide bonds. The van der Waals surface area contributed by atoms with Crippen LogP contribution < -0.4 is 5.32 Å². The lowest BCUT2D eigenvalue weighted by Gasteiger charge is -2.23. The van der Waals surface area contributed by atoms with Crippen LogP contribution in [0.3, 0.4) is 0 Å². The highest BCUT2D eigenvalue weighted by atomic mass is 16.5. The Morgan fingerprint density at radius 1 is 1.43 bits per heavy atom. The van der Waals surface area contributed by atoms with Crippen molar-refractivity contribution in [2.24, 2.45) is 5.92 Å². The van der Waals surface area contributed by atoms with Gasteiger partial charge in [0.1, 0.15) is 5.82 Å². The second kappa shape index (κ2) is 5.60. The summed E-state index contributed by atoms with van der Waals surface area (Å²) >= 11 is 0. The molecule has 2 aromatic rings. The molecule has 1 aromatic heterocycles. The quantitative estimate of drug-likeness (QED) is 0.880. The topological polar surface area (TPSA) is 56.1 Å². The number of benzene rings is 1. The minimum Gasteiger partial charge on any atom is -0.466 e. The van der Waals surface area contributed by atoms with Gasteiger partial charge in [0, 0.05) is 17.7 Å². The molecule has 3 rings (SSSR count). The average Bonchev–Trinajstić information content (AvgIpc) is 2.85. The van der Waals surface area contributed by atoms with Crippen molar-refractivity contribution < 1.29 is 9.53 Å². The molecule has 21 heavy (non-hydrogen) atoms. The predicted molar refractivity (Wildman–Crippen MR) is 81.0 cm³/mol. The zero-order valence-corrected chi connectivity index (χ0v) is 12.3. The highest BCUT2D eigenvalue weighted by molar-refractivity contribution is 5.75. The highest BCUT2D eigenvalue weighted by Gasteiger charge is 2.28. The van der Waals surface area contributed by atoms with Crippen LogP contribution in [0.25, 0.3) is 11.3 Å². The van der Waals surface area contributed by atoms with Crippen LogP contribution >= 0.6 is 0 Å². The Kier molecular flexibility index (Phi) is 3.64. The van der Waals surface area contributed by atoms with Crippen LogP contribution in [-0.4, -0.2) is 28.9 Å². The standard InChI is InChI=1S/C16H19N3O2/c1-3-21-16(20)13-9-17-15-11(2)14(18-19(15)10-13)12-7-5-4-6-8-12/h4-8,13,17H,3,9-10H2,1-2H3. The molecule has 0 saturated carbocycles. The maximum Gasteiger partial charge on any atom is 0.312 e. The van der Waals surface area contributed by atoms with Gasteiger partial charge in [0.15, 0.2) is 0 Å². The number of hydrogen-bond donors (Lipinski definition) is 1. The van der Waals surface area contributed by atoms with E-state index in [4.69, 9.17) is 4.74 Å². The molecule has 5 heteroatoms. The lowest BCUT2D eigenvalue weighted by Crippen LogP contribution is -2.34. The molecule has 5 nitrogen and oxygen atoms in total. The molecular formula is C16H19N3O2. The Labute approximate surface area is 123 Å². The normalized spacial score (nSPS) is 17.0. The zero-order valence-electron chi connectivity index (χ0n) is 12.3. The molecule has 2 heterocycles. The van der Waals surface area contributed by atoms with E-state index in [1.807, 2.05) is 41.9 Å². The molecule has 1 atom stereocenters. The number of fused-ring (bicyclic) bond motifs is 1. The summed E-state index contributed by atoms with van der Waals surface area (Å²) in [5, 5.41) is 7.97. The van der Waals surface area contributed by atoms with Crippen molar-refractivity contribution in [1.82, 2.24) is 9.78 Å². The van der Waals surface area contributed by atoms with Crippen molar-refractivity contribution in [2.45, 2.75) is 20.4 Å². The summed E-state index contributed by atoms with van der Waals surface area (Å²) in [5.41, 5.74) is 3.16. The average molecular weight is 285 g/mol. The first-order valence-electron chi connectivity index (χ1n) is 7.24. The maximum atomic E-state index is 11.9. The molecule has 1 aliphatic heterocycles. The summed E-state index contributed by atoms with van der Waals surface area (Å²) in [6, 6.07) is 10.1. The number of nitrogens with zero attached hydrogens (tertiary/aromatic N) is 2. The SMILES string of the molecule is CCOC(=O)C1CNc2c(C)c(-c3ccccc3)nn2C1. The van der Waals surface area contributed by atoms with Gasteiger partial charge in [-0.15, -0.1) is 0 Å². The lowest BCUT2D eigenvalue weighted by atomic mass is 10.1. The van der Waals surface area contributed by atoms with Crippen LogP contribution in [0.4, 0.5) is 5.82 Å². The summed E-state index contributed by atoms with van der Waals surface area (Å²) < 4.78 is 6.98. The molecule has 1 aromatic carbocycles. The fourth-order valence-corrected chi connectivity index (χ4v) is 2.69. The van der Waals surface area contributed by atoms with Crippen molar-refractivity contribution in [3.8, 4) is 11.3 Å². The second-order valence-corrected chi connectivity index (χ2v) is 5.20. The first kappa shape index (κ1) is 13.7. The zero-order chi connectivity index (χ0) is 14.8. The van der Waals surface area contributed by atoms with Gasteiger partial charge >= 0.3 is 5.97 Å². The molecule has 1 unspecified atom stereocenters. The van der Waals surface area contributed by atoms with Crippen molar-refractivity contribution in [3.63, 3.8) is 0 Å². The molecule has 0 bridgehead atoms. The van der Waals surface area contributed by atoms with Gasteiger partial charge in [-0.3, -0.25) is 4.79 Å². The van der Waals surface area contributed by atoms with Crippen LogP contribution in [0.15, 0.2) is 30.3 Å². The number of carbonyl (C=O) groups is 1. The van der Waals surface area contributed by atoms with Gasteiger partial charge in [0.05, 0.1) is 24.8 Å². The van der Waals surface area contributed by atoms with E-state index in [1.165, 1.54) is 0 Å². The third kappa shape index (κ3) is 2.51. The predicted octanol–water partition coefficient (Wildman–Crippen LogP) is 2.46. The van der Waals surface area contributed by atoms with Crippen LogP contribution in [0.5, 0.6) is 0 Å². The monoisotopic (exact) mass is 285 g/mol. The molecule has 1 aliphatic rings. The highest BCUT2D eigenvalue weighted by Crippen LogP contribution is 2.30. The minimum atomic E-state index is -0.180. The Balaban J connectivity index is 1.89. The summed E-state index contributed by atoms with van der Waals surface area (Å²) in [7, 11) is 0. The van der Waals surface area contributed by atoms with Gasteiger partial charge in [0.25, 0.3) is 0 Å². The Morgan fingerprint density at radius 3 is 2.90 bits per heavy atom. The van der Waals surface area contributed by atoms with Gasteiger partial charge in [-0.25, -0.2) is 4.68 Å². The van der Waals surface area contributed by atoms with Crippen LogP contribution in [0.1, 0.15) is 12.5 Å². The summed E-state index contributed by atoms with van der Waals surface area (Å²) in [6.45, 7) is 5.45. The molecule has 1 N–H and O–H groups in total. The fourth-order valence-electron chi connectivity index (χ4n) is 2.69. The van der Waals surface area contributed by atoms with Crippen LogP contribution in [-0.2, 0) is 16.1 Å². The minimum absolute atomic E-state index is 0.162. The lowest BCUT2D eigenvalue weighted by molar-refractivity contribution is -0.148. The van der Waals surface area contributed by atoms with Gasteiger partial charge < -0.3 is 10.1 Å². The number of esters is 1. The molecule has 0 aliphatic carbocycles. The van der Waals surface area contributed by atoms with E-state index in [1.54, 1.807) is 0 Å². The summed E-state index contributed by atoms with van der Waals surface area (Å²) in [5.74, 6) is 0.653. The fraction of sp³-hybridized carbons (Fsp3) is 0.375. The summed E-state index contributed by atoms with van der Waals surface area (Å²) in [4.78, 5) is 11.9. The molecule has 0 spiro atoms. The Hall–Kier alpha value is -2.30. The van der Waals surface area contributed by atoms with Crippen molar-refractivity contribution in [1.29, 1.82) is 0 Å². The van der Waals surface area contributed by atoms with Crippen LogP contribution in [0, 0.1) is 12.8 Å². The molecular weight excluding hydrogens is 266 g/mol. The van der Waals surface area contributed by atoms with Gasteiger partial charge in [0.2, 0.25) is 0 Å². The van der Waals surface area contributed by atoms with E-state index in [0.29, 0.717) is 19.7 Å². The number of anilines is 1. The van der Waals surface area contributed by atoms with Crippen molar-refractivity contribution in [3.05, 3.63) is 35.9 Å². The smallest absolute Gasteiger partial charge is 0.312 e. The Morgan fingerprint density at radius 2 is 2.19 bits per heavy atom. The number of hydrogen-bond acceptors (Lipinski definition) is 4. The van der Waals surface area contributed by atoms with Crippen molar-refractivity contribution >= 4 is 11.8 Å². The van der Waals surface area contributed by atoms with E-state index < -0.39 is 0 Å². The molecule has 0 saturated heterocycles. The molecule has 110 valence electrons. The molecule has 0 fully saturated rings. The van der Waals surface area contributed by atoms with E-state index in [-0.39, 0.29) is 11.9 Å². The molecule has 0 radical (unpaired) electrons. The maximum absolute atomic E-state index is 11.9. The van der Waals surface area contributed by atoms with Gasteiger partial charge in [-0.1, -0.05) is 30.3 Å². The number of carbonyl (C=O) groups excluding carboxylic acids is 1. The third-order valence-corrected chi connectivity index (χ3v) is 3.77. The van der Waals surface area contributed by atoms with Gasteiger partial charge in [-0.2, -0.15) is 5.10 Å². The third-order valence-electron chi connectivity index (χ3n) is 3.77. The number of aromatic nitrogens is 2. The number of nitrogens with one attached hydrogen (secondary N) is 1. The second-order valence-electron chi connectivity index (χ2n) is 5.20. The van der Waals surface area contributed by atoms with E-state index >= 15 is 0 Å². The van der Waals surface area contributed by atoms with E-state index in [2.05, 4.69) is 17.3 Å². The summed E-state index contributed by atoms with van der Waals surface area (Å²) in [6.07, 6.45) is 0. The number of rotatable bonds is 3. The Bertz CT molecular complexity index is 649. The van der Waals surface area contributed by atoms with E-state index in [0.717, 1.165) is 22.6 Å². The largest absolute Gasteiger partial charge is 0.466 e. The van der Waals surface area contributed by atoms with E-state index in [9.17, 15) is 4.79 Å². The van der Waals surface area contributed by atoms with Gasteiger partial charge in [-0.05, 0) is 13.8 Å². The van der Waals surface area contributed by atoms with Crippen molar-refractivity contribution in [2.75, 3.05) is 18.5 Å². The first-order valence-corrected chi connectivity index (χ1v) is 7.24.